The van der Waals surface area contributed by atoms with Crippen LogP contribution < -0.4 is 10.6 Å². The van der Waals surface area contributed by atoms with E-state index in [1.807, 2.05) is 67.5 Å². The number of nitro benzene ring substituents is 1. The molecule has 0 heterocycles. The van der Waals surface area contributed by atoms with Gasteiger partial charge >= 0.3 is 5.97 Å². The summed E-state index contributed by atoms with van der Waals surface area (Å²) < 4.78 is 4.91. The fourth-order valence-corrected chi connectivity index (χ4v) is 5.31. The van der Waals surface area contributed by atoms with Crippen molar-refractivity contribution < 1.29 is 24.0 Å². The van der Waals surface area contributed by atoms with E-state index in [2.05, 4.69) is 10.6 Å². The zero-order valence-electron chi connectivity index (χ0n) is 25.1. The fourth-order valence-electron chi connectivity index (χ4n) is 4.84. The SMILES string of the molecule is CCC(C)C(CN(CC(=O)NC(CCSC)C(=O)OC)Cc1cccc2ccccc12)NC(=O)c1ccc([N+](=O)[O-])cc1. The molecule has 2 amide bonds. The predicted molar refractivity (Wildman–Crippen MR) is 170 cm³/mol. The smallest absolute Gasteiger partial charge is 0.328 e. The number of nitrogens with one attached hydrogen (secondary N) is 2. The normalized spacial score (nSPS) is 13.2. The third-order valence-corrected chi connectivity index (χ3v) is 8.16. The van der Waals surface area contributed by atoms with Crippen LogP contribution in [0.1, 0.15) is 42.6 Å². The molecule has 3 aromatic carbocycles. The monoisotopic (exact) mass is 608 g/mol. The number of carbonyl (C=O) groups excluding carboxylic acids is 3. The summed E-state index contributed by atoms with van der Waals surface area (Å²) in [6.45, 7) is 4.86. The molecule has 3 atom stereocenters. The number of non-ortho nitro benzene ring substituents is 1. The van der Waals surface area contributed by atoms with Crippen molar-refractivity contribution in [1.82, 2.24) is 15.5 Å². The van der Waals surface area contributed by atoms with Crippen molar-refractivity contribution in [3.63, 3.8) is 0 Å². The van der Waals surface area contributed by atoms with Crippen LogP contribution >= 0.6 is 11.8 Å². The zero-order valence-corrected chi connectivity index (χ0v) is 25.9. The van der Waals surface area contributed by atoms with Gasteiger partial charge in [-0.1, -0.05) is 62.7 Å². The largest absolute Gasteiger partial charge is 0.467 e. The van der Waals surface area contributed by atoms with Crippen LogP contribution in [0.4, 0.5) is 5.69 Å². The molecule has 3 unspecified atom stereocenters. The number of hydrogen-bond donors (Lipinski definition) is 2. The van der Waals surface area contributed by atoms with Gasteiger partial charge in [-0.2, -0.15) is 11.8 Å². The Morgan fingerprint density at radius 1 is 1.02 bits per heavy atom. The minimum absolute atomic E-state index is 0.00365. The molecule has 0 fully saturated rings. The van der Waals surface area contributed by atoms with Crippen molar-refractivity contribution in [3.05, 3.63) is 88.0 Å². The summed E-state index contributed by atoms with van der Waals surface area (Å²) in [4.78, 5) is 51.4. The Labute approximate surface area is 256 Å². The number of carbonyl (C=O) groups is 3. The van der Waals surface area contributed by atoms with Crippen LogP contribution in [0.3, 0.4) is 0 Å². The maximum absolute atomic E-state index is 13.3. The Hall–Kier alpha value is -3.96. The Kier molecular flexibility index (Phi) is 13.0. The van der Waals surface area contributed by atoms with Crippen molar-refractivity contribution in [3.8, 4) is 0 Å². The second-order valence-electron chi connectivity index (χ2n) is 10.5. The van der Waals surface area contributed by atoms with Crippen molar-refractivity contribution in [2.45, 2.75) is 45.3 Å². The van der Waals surface area contributed by atoms with E-state index >= 15 is 0 Å². The lowest BCUT2D eigenvalue weighted by atomic mass is 9.97. The number of nitrogens with zero attached hydrogens (tertiary/aromatic N) is 2. The summed E-state index contributed by atoms with van der Waals surface area (Å²) >= 11 is 1.58. The molecule has 0 bridgehead atoms. The molecule has 11 heteroatoms. The van der Waals surface area contributed by atoms with Crippen molar-refractivity contribution >= 4 is 46.0 Å². The Balaban J connectivity index is 1.87. The number of thioether (sulfide) groups is 1. The highest BCUT2D eigenvalue weighted by Gasteiger charge is 2.26. The third kappa shape index (κ3) is 9.79. The maximum atomic E-state index is 13.3. The van der Waals surface area contributed by atoms with E-state index in [1.165, 1.54) is 31.4 Å². The van der Waals surface area contributed by atoms with E-state index in [0.29, 0.717) is 30.8 Å². The van der Waals surface area contributed by atoms with Gasteiger partial charge in [-0.25, -0.2) is 4.79 Å². The number of rotatable bonds is 16. The molecule has 0 saturated heterocycles. The number of esters is 1. The highest BCUT2D eigenvalue weighted by atomic mass is 32.2. The van der Waals surface area contributed by atoms with Crippen LogP contribution in [0.5, 0.6) is 0 Å². The molecule has 0 spiro atoms. The standard InChI is InChI=1S/C32H40N4O6S/c1-5-22(2)29(34-31(38)24-13-15-26(16-14-24)36(40)41)20-35(19-25-11-8-10-23-9-6-7-12-27(23)25)21-30(37)33-28(17-18-43-4)32(39)42-3/h6-16,22,28-29H,5,17-21H2,1-4H3,(H,33,37)(H,34,38). The van der Waals surface area contributed by atoms with Gasteiger partial charge in [-0.3, -0.25) is 24.6 Å². The summed E-state index contributed by atoms with van der Waals surface area (Å²) in [7, 11) is 1.30. The minimum Gasteiger partial charge on any atom is -0.467 e. The summed E-state index contributed by atoms with van der Waals surface area (Å²) in [6, 6.07) is 18.5. The molecule has 3 aromatic rings. The van der Waals surface area contributed by atoms with Gasteiger partial charge in [-0.15, -0.1) is 0 Å². The molecule has 10 nitrogen and oxygen atoms in total. The first-order chi connectivity index (χ1) is 20.7. The van der Waals surface area contributed by atoms with Gasteiger partial charge in [-0.05, 0) is 52.8 Å². The first kappa shape index (κ1) is 33.5. The molecular weight excluding hydrogens is 568 g/mol. The van der Waals surface area contributed by atoms with Crippen molar-refractivity contribution in [1.29, 1.82) is 0 Å². The highest BCUT2D eigenvalue weighted by Crippen LogP contribution is 2.21. The predicted octanol–water partition coefficient (Wildman–Crippen LogP) is 4.81. The molecule has 2 N–H and O–H groups in total. The highest BCUT2D eigenvalue weighted by molar-refractivity contribution is 7.98. The number of nitro groups is 1. The molecule has 0 aliphatic heterocycles. The number of methoxy groups -OCH3 is 1. The number of benzene rings is 3. The van der Waals surface area contributed by atoms with Gasteiger partial charge in [0.15, 0.2) is 0 Å². The average molecular weight is 609 g/mol. The van der Waals surface area contributed by atoms with Gasteiger partial charge in [0.05, 0.1) is 18.6 Å². The topological polar surface area (TPSA) is 131 Å². The van der Waals surface area contributed by atoms with E-state index in [-0.39, 0.29) is 36.0 Å². The van der Waals surface area contributed by atoms with Crippen molar-refractivity contribution in [2.75, 3.05) is 32.2 Å². The number of amides is 2. The van der Waals surface area contributed by atoms with Crippen LogP contribution in [-0.4, -0.2) is 71.9 Å². The second kappa shape index (κ2) is 16.6. The second-order valence-corrected chi connectivity index (χ2v) is 11.5. The van der Waals surface area contributed by atoms with Crippen molar-refractivity contribution in [2.24, 2.45) is 5.92 Å². The van der Waals surface area contributed by atoms with Gasteiger partial charge in [0.1, 0.15) is 6.04 Å². The Morgan fingerprint density at radius 2 is 1.72 bits per heavy atom. The lowest BCUT2D eigenvalue weighted by Gasteiger charge is -2.32. The molecule has 230 valence electrons. The van der Waals surface area contributed by atoms with Crippen LogP contribution in [0.2, 0.25) is 0 Å². The molecule has 0 aliphatic rings. The van der Waals surface area contributed by atoms with Gasteiger partial charge in [0, 0.05) is 36.8 Å². The quantitative estimate of drug-likeness (QED) is 0.135. The Bertz CT molecular complexity index is 1390. The molecule has 0 radical (unpaired) electrons. The number of hydrogen-bond acceptors (Lipinski definition) is 8. The minimum atomic E-state index is -0.753. The van der Waals surface area contributed by atoms with Crippen LogP contribution in [0, 0.1) is 16.0 Å². The van der Waals surface area contributed by atoms with Gasteiger partial charge < -0.3 is 15.4 Å². The molecule has 3 rings (SSSR count). The summed E-state index contributed by atoms with van der Waals surface area (Å²) in [6.07, 6.45) is 3.16. The molecular formula is C32H40N4O6S. The lowest BCUT2D eigenvalue weighted by Crippen LogP contribution is -2.51. The van der Waals surface area contributed by atoms with Crippen LogP contribution in [0.15, 0.2) is 66.7 Å². The van der Waals surface area contributed by atoms with Gasteiger partial charge in [0.2, 0.25) is 5.91 Å². The fraction of sp³-hybridized carbons (Fsp3) is 0.406. The van der Waals surface area contributed by atoms with E-state index in [1.54, 1.807) is 11.8 Å². The van der Waals surface area contributed by atoms with E-state index < -0.39 is 16.9 Å². The van der Waals surface area contributed by atoms with Crippen LogP contribution in [-0.2, 0) is 20.9 Å². The van der Waals surface area contributed by atoms with Crippen LogP contribution in [0.25, 0.3) is 10.8 Å². The average Bonchev–Trinajstić information content (AvgIpc) is 3.01. The maximum Gasteiger partial charge on any atom is 0.328 e. The lowest BCUT2D eigenvalue weighted by molar-refractivity contribution is -0.384. The summed E-state index contributed by atoms with van der Waals surface area (Å²) in [5.74, 6) is -0.413. The summed E-state index contributed by atoms with van der Waals surface area (Å²) in [5.41, 5.74) is 1.25. The zero-order chi connectivity index (χ0) is 31.4. The van der Waals surface area contributed by atoms with E-state index in [4.69, 9.17) is 4.74 Å². The van der Waals surface area contributed by atoms with E-state index in [9.17, 15) is 24.5 Å². The molecule has 43 heavy (non-hydrogen) atoms. The summed E-state index contributed by atoms with van der Waals surface area (Å²) in [5, 5.41) is 19.1. The first-order valence-electron chi connectivity index (χ1n) is 14.3. The number of fused-ring (bicyclic) bond motifs is 1. The van der Waals surface area contributed by atoms with Gasteiger partial charge in [0.25, 0.3) is 11.6 Å². The molecule has 0 aliphatic carbocycles. The first-order valence-corrected chi connectivity index (χ1v) is 15.7. The third-order valence-electron chi connectivity index (χ3n) is 7.52. The molecule has 0 aromatic heterocycles. The number of ether oxygens (including phenoxy) is 1. The molecule has 0 saturated carbocycles. The van der Waals surface area contributed by atoms with E-state index in [0.717, 1.165) is 22.8 Å². The Morgan fingerprint density at radius 3 is 2.37 bits per heavy atom.